The van der Waals surface area contributed by atoms with Crippen LogP contribution in [0.4, 0.5) is 0 Å². The molecule has 3 nitrogen and oxygen atoms in total. The first-order valence-electron chi connectivity index (χ1n) is 8.21. The molecule has 128 valence electrons. The Morgan fingerprint density at radius 2 is 1.58 bits per heavy atom. The monoisotopic (exact) mass is 364 g/mol. The molecule has 0 aliphatic heterocycles. The standard InChI is InChI=1S/C19H21ClO3S/c20-19-4-2-1-3-18(19)15-7-11-17(12-8-15)24(22,23)13-14-5-9-16(21)10-6-14/h1-4,7-8,11-12,14,16,21H,5-6,9-10,13H2. The maximum absolute atomic E-state index is 12.6. The van der Waals surface area contributed by atoms with Gasteiger partial charge in [0.1, 0.15) is 0 Å². The van der Waals surface area contributed by atoms with E-state index in [0.717, 1.165) is 24.0 Å². The summed E-state index contributed by atoms with van der Waals surface area (Å²) in [4.78, 5) is 0.351. The molecule has 0 radical (unpaired) electrons. The molecule has 24 heavy (non-hydrogen) atoms. The number of hydrogen-bond donors (Lipinski definition) is 1. The Hall–Kier alpha value is -1.36. The summed E-state index contributed by atoms with van der Waals surface area (Å²) in [6.45, 7) is 0. The van der Waals surface area contributed by atoms with Gasteiger partial charge in [0.2, 0.25) is 0 Å². The van der Waals surface area contributed by atoms with Gasteiger partial charge in [-0.2, -0.15) is 0 Å². The molecule has 0 amide bonds. The summed E-state index contributed by atoms with van der Waals surface area (Å²) >= 11 is 6.19. The van der Waals surface area contributed by atoms with Crippen molar-refractivity contribution in [2.45, 2.75) is 36.7 Å². The van der Waals surface area contributed by atoms with Crippen molar-refractivity contribution in [1.29, 1.82) is 0 Å². The Bertz CT molecular complexity index is 792. The fourth-order valence-electron chi connectivity index (χ4n) is 3.26. The van der Waals surface area contributed by atoms with E-state index in [4.69, 9.17) is 11.6 Å². The first-order chi connectivity index (χ1) is 11.5. The minimum atomic E-state index is -3.30. The number of hydrogen-bond acceptors (Lipinski definition) is 3. The van der Waals surface area contributed by atoms with Gasteiger partial charge in [0.25, 0.3) is 0 Å². The van der Waals surface area contributed by atoms with E-state index in [0.29, 0.717) is 22.8 Å². The molecule has 1 saturated carbocycles. The van der Waals surface area contributed by atoms with Gasteiger partial charge in [-0.05, 0) is 55.4 Å². The molecule has 0 spiro atoms. The van der Waals surface area contributed by atoms with Gasteiger partial charge in [0.05, 0.1) is 16.8 Å². The minimum absolute atomic E-state index is 0.140. The third kappa shape index (κ3) is 4.00. The lowest BCUT2D eigenvalue weighted by atomic mass is 9.89. The van der Waals surface area contributed by atoms with Crippen LogP contribution in [-0.2, 0) is 9.84 Å². The van der Waals surface area contributed by atoms with E-state index in [1.165, 1.54) is 0 Å². The molecule has 1 N–H and O–H groups in total. The molecule has 0 saturated heterocycles. The molecule has 1 aliphatic rings. The van der Waals surface area contributed by atoms with Gasteiger partial charge in [-0.15, -0.1) is 0 Å². The van der Waals surface area contributed by atoms with E-state index in [1.807, 2.05) is 24.3 Å². The van der Waals surface area contributed by atoms with Crippen molar-refractivity contribution in [2.24, 2.45) is 5.92 Å². The zero-order chi connectivity index (χ0) is 17.2. The molecule has 0 unspecified atom stereocenters. The quantitative estimate of drug-likeness (QED) is 0.878. The second kappa shape index (κ2) is 7.26. The smallest absolute Gasteiger partial charge is 0.178 e. The zero-order valence-electron chi connectivity index (χ0n) is 13.4. The van der Waals surface area contributed by atoms with Crippen LogP contribution in [0.2, 0.25) is 5.02 Å². The highest BCUT2D eigenvalue weighted by atomic mass is 35.5. The van der Waals surface area contributed by atoms with E-state index in [-0.39, 0.29) is 17.8 Å². The predicted molar refractivity (Wildman–Crippen MR) is 96.9 cm³/mol. The summed E-state index contributed by atoms with van der Waals surface area (Å²) in [7, 11) is -3.30. The van der Waals surface area contributed by atoms with Crippen LogP contribution >= 0.6 is 11.6 Å². The van der Waals surface area contributed by atoms with Gasteiger partial charge in [-0.1, -0.05) is 41.9 Å². The normalized spacial score (nSPS) is 21.6. The number of rotatable bonds is 4. The molecule has 0 bridgehead atoms. The van der Waals surface area contributed by atoms with Gasteiger partial charge in [-0.25, -0.2) is 8.42 Å². The first-order valence-corrected chi connectivity index (χ1v) is 10.2. The van der Waals surface area contributed by atoms with Crippen molar-refractivity contribution in [1.82, 2.24) is 0 Å². The molecule has 2 aromatic carbocycles. The van der Waals surface area contributed by atoms with Crippen LogP contribution in [-0.4, -0.2) is 25.4 Å². The Balaban J connectivity index is 1.76. The average Bonchev–Trinajstić information content (AvgIpc) is 2.57. The van der Waals surface area contributed by atoms with Crippen LogP contribution < -0.4 is 0 Å². The highest BCUT2D eigenvalue weighted by molar-refractivity contribution is 7.91. The van der Waals surface area contributed by atoms with Gasteiger partial charge in [0.15, 0.2) is 9.84 Å². The van der Waals surface area contributed by atoms with E-state index in [9.17, 15) is 13.5 Å². The lowest BCUT2D eigenvalue weighted by Gasteiger charge is -2.25. The molecule has 0 heterocycles. The van der Waals surface area contributed by atoms with E-state index in [2.05, 4.69) is 0 Å². The fourth-order valence-corrected chi connectivity index (χ4v) is 5.20. The lowest BCUT2D eigenvalue weighted by Crippen LogP contribution is -2.24. The van der Waals surface area contributed by atoms with Gasteiger partial charge in [0, 0.05) is 10.6 Å². The SMILES string of the molecule is O=S(=O)(CC1CCC(O)CC1)c1ccc(-c2ccccc2Cl)cc1. The molecule has 0 atom stereocenters. The average molecular weight is 365 g/mol. The van der Waals surface area contributed by atoms with Crippen molar-refractivity contribution in [3.8, 4) is 11.1 Å². The summed E-state index contributed by atoms with van der Waals surface area (Å²) in [5.41, 5.74) is 1.80. The Labute approximate surface area is 148 Å². The maximum Gasteiger partial charge on any atom is 0.178 e. The van der Waals surface area contributed by atoms with Crippen molar-refractivity contribution in [3.05, 3.63) is 53.6 Å². The molecule has 0 aromatic heterocycles. The van der Waals surface area contributed by atoms with Crippen molar-refractivity contribution in [3.63, 3.8) is 0 Å². The number of aliphatic hydroxyl groups is 1. The summed E-state index contributed by atoms with van der Waals surface area (Å²) in [6.07, 6.45) is 2.69. The molecular formula is C19H21ClO3S. The van der Waals surface area contributed by atoms with Crippen LogP contribution in [0.5, 0.6) is 0 Å². The van der Waals surface area contributed by atoms with Crippen LogP contribution in [0.1, 0.15) is 25.7 Å². The summed E-state index contributed by atoms with van der Waals surface area (Å²) in [6, 6.07) is 14.4. The topological polar surface area (TPSA) is 54.4 Å². The molecule has 2 aromatic rings. The minimum Gasteiger partial charge on any atom is -0.393 e. The summed E-state index contributed by atoms with van der Waals surface area (Å²) in [5.74, 6) is 0.298. The summed E-state index contributed by atoms with van der Waals surface area (Å²) < 4.78 is 25.2. The van der Waals surface area contributed by atoms with Gasteiger partial charge >= 0.3 is 0 Å². The van der Waals surface area contributed by atoms with Crippen molar-refractivity contribution < 1.29 is 13.5 Å². The lowest BCUT2D eigenvalue weighted by molar-refractivity contribution is 0.113. The highest BCUT2D eigenvalue weighted by Gasteiger charge is 2.25. The molecule has 1 fully saturated rings. The van der Waals surface area contributed by atoms with Gasteiger partial charge < -0.3 is 5.11 Å². The molecule has 1 aliphatic carbocycles. The first kappa shape index (κ1) is 17.5. The second-order valence-corrected chi connectivity index (χ2v) is 8.90. The number of sulfone groups is 1. The molecular weight excluding hydrogens is 344 g/mol. The largest absolute Gasteiger partial charge is 0.393 e. The Kier molecular flexibility index (Phi) is 5.28. The fraction of sp³-hybridized carbons (Fsp3) is 0.368. The number of halogens is 1. The van der Waals surface area contributed by atoms with Crippen LogP contribution in [0, 0.1) is 5.92 Å². The van der Waals surface area contributed by atoms with Crippen molar-refractivity contribution >= 4 is 21.4 Å². The van der Waals surface area contributed by atoms with Gasteiger partial charge in [-0.3, -0.25) is 0 Å². The molecule has 3 rings (SSSR count). The Morgan fingerprint density at radius 3 is 2.21 bits per heavy atom. The van der Waals surface area contributed by atoms with E-state index >= 15 is 0 Å². The molecule has 5 heteroatoms. The van der Waals surface area contributed by atoms with Crippen LogP contribution in [0.25, 0.3) is 11.1 Å². The number of benzene rings is 2. The summed E-state index contributed by atoms with van der Waals surface area (Å²) in [5, 5.41) is 10.2. The van der Waals surface area contributed by atoms with E-state index < -0.39 is 9.84 Å². The predicted octanol–water partition coefficient (Wildman–Crippen LogP) is 4.33. The Morgan fingerprint density at radius 1 is 0.958 bits per heavy atom. The number of aliphatic hydroxyl groups excluding tert-OH is 1. The zero-order valence-corrected chi connectivity index (χ0v) is 14.9. The third-order valence-electron chi connectivity index (χ3n) is 4.67. The maximum atomic E-state index is 12.6. The van der Waals surface area contributed by atoms with Crippen LogP contribution in [0.15, 0.2) is 53.4 Å². The second-order valence-electron chi connectivity index (χ2n) is 6.46. The third-order valence-corrected chi connectivity index (χ3v) is 6.90. The van der Waals surface area contributed by atoms with Crippen LogP contribution in [0.3, 0.4) is 0 Å². The van der Waals surface area contributed by atoms with Crippen molar-refractivity contribution in [2.75, 3.05) is 5.75 Å². The van der Waals surface area contributed by atoms with E-state index in [1.54, 1.807) is 24.3 Å². The highest BCUT2D eigenvalue weighted by Crippen LogP contribution is 2.30.